The number of amides is 1. The number of likely N-dealkylation sites (tertiary alicyclic amines) is 1. The highest BCUT2D eigenvalue weighted by molar-refractivity contribution is 5.87. The number of aliphatic hydroxyl groups excluding tert-OH is 1. The van der Waals surface area contributed by atoms with Crippen molar-refractivity contribution in [2.24, 2.45) is 0 Å². The van der Waals surface area contributed by atoms with Crippen LogP contribution in [0.25, 0.3) is 0 Å². The third-order valence-corrected chi connectivity index (χ3v) is 1.99. The largest absolute Gasteiger partial charge is 0.388 e. The average Bonchev–Trinajstić information content (AvgIpc) is 2.08. The van der Waals surface area contributed by atoms with Crippen molar-refractivity contribution in [3.63, 3.8) is 0 Å². The van der Waals surface area contributed by atoms with Crippen molar-refractivity contribution >= 4 is 5.91 Å². The fourth-order valence-corrected chi connectivity index (χ4v) is 1.23. The van der Waals surface area contributed by atoms with E-state index in [4.69, 9.17) is 5.11 Å². The van der Waals surface area contributed by atoms with Gasteiger partial charge in [-0.05, 0) is 12.5 Å². The van der Waals surface area contributed by atoms with Crippen LogP contribution in [0.5, 0.6) is 0 Å². The van der Waals surface area contributed by atoms with E-state index in [-0.39, 0.29) is 18.9 Å². The van der Waals surface area contributed by atoms with Crippen molar-refractivity contribution in [3.8, 4) is 0 Å². The minimum absolute atomic E-state index is 0.0754. The summed E-state index contributed by atoms with van der Waals surface area (Å²) in [7, 11) is 0. The minimum atomic E-state index is -1.20. The summed E-state index contributed by atoms with van der Waals surface area (Å²) in [5.41, 5.74) is 0. The summed E-state index contributed by atoms with van der Waals surface area (Å²) in [4.78, 5) is 12.4. The molecule has 1 N–H and O–H groups in total. The van der Waals surface area contributed by atoms with Gasteiger partial charge in [0.2, 0.25) is 5.91 Å². The maximum Gasteiger partial charge on any atom is 0.246 e. The molecule has 1 amide bonds. The fraction of sp³-hybridized carbons (Fsp3) is 0.625. The quantitative estimate of drug-likeness (QED) is 0.571. The van der Waals surface area contributed by atoms with Crippen LogP contribution in [-0.2, 0) is 4.79 Å². The molecule has 1 rings (SSSR count). The molecule has 0 saturated carbocycles. The highest BCUT2D eigenvalue weighted by Gasteiger charge is 2.28. The Balaban J connectivity index is 2.50. The minimum Gasteiger partial charge on any atom is -0.388 e. The number of carbonyl (C=O) groups excluding carboxylic acids is 1. The number of hydrogen-bond donors (Lipinski definition) is 1. The van der Waals surface area contributed by atoms with E-state index in [9.17, 15) is 9.18 Å². The maximum absolute atomic E-state index is 12.7. The number of β-amino-alcohol motifs (C(OH)–C–C–N with tert-alkyl or cyclic N) is 1. The number of rotatable bonds is 1. The third-order valence-electron chi connectivity index (χ3n) is 1.99. The van der Waals surface area contributed by atoms with Crippen LogP contribution in [0.3, 0.4) is 0 Å². The van der Waals surface area contributed by atoms with Crippen molar-refractivity contribution < 1.29 is 14.3 Å². The van der Waals surface area contributed by atoms with Gasteiger partial charge in [-0.3, -0.25) is 4.79 Å². The van der Waals surface area contributed by atoms with Gasteiger partial charge in [-0.2, -0.15) is 0 Å². The molecule has 0 bridgehead atoms. The Morgan fingerprint density at radius 2 is 2.42 bits per heavy atom. The normalized spacial score (nSPS) is 30.0. The standard InChI is InChI=1S/C8H12FNO2/c1-2-8(12)10-4-3-6(9)7(11)5-10/h2,6-7,11H,1,3-5H2/t6-,7-/m1/s1. The van der Waals surface area contributed by atoms with Crippen molar-refractivity contribution in [2.45, 2.75) is 18.7 Å². The molecule has 3 nitrogen and oxygen atoms in total. The molecule has 0 radical (unpaired) electrons. The van der Waals surface area contributed by atoms with Crippen LogP contribution in [0.4, 0.5) is 4.39 Å². The van der Waals surface area contributed by atoms with Gasteiger partial charge < -0.3 is 10.0 Å². The monoisotopic (exact) mass is 173 g/mol. The SMILES string of the molecule is C=CC(=O)N1CC[C@@H](F)[C@H](O)C1. The van der Waals surface area contributed by atoms with Crippen LogP contribution < -0.4 is 0 Å². The van der Waals surface area contributed by atoms with E-state index in [0.717, 1.165) is 0 Å². The molecule has 2 atom stereocenters. The van der Waals surface area contributed by atoms with Crippen LogP contribution in [0.15, 0.2) is 12.7 Å². The number of halogens is 1. The number of hydrogen-bond acceptors (Lipinski definition) is 2. The topological polar surface area (TPSA) is 40.5 Å². The molecule has 4 heteroatoms. The van der Waals surface area contributed by atoms with Gasteiger partial charge in [0.05, 0.1) is 0 Å². The van der Waals surface area contributed by atoms with Gasteiger partial charge >= 0.3 is 0 Å². The predicted molar refractivity (Wildman–Crippen MR) is 42.3 cm³/mol. The summed E-state index contributed by atoms with van der Waals surface area (Å²) < 4.78 is 12.7. The van der Waals surface area contributed by atoms with E-state index < -0.39 is 12.3 Å². The molecule has 0 aromatic carbocycles. The van der Waals surface area contributed by atoms with Gasteiger partial charge in [0.25, 0.3) is 0 Å². The van der Waals surface area contributed by atoms with Gasteiger partial charge in [0, 0.05) is 13.1 Å². The van der Waals surface area contributed by atoms with Crippen LogP contribution in [0.2, 0.25) is 0 Å². The lowest BCUT2D eigenvalue weighted by molar-refractivity contribution is -0.130. The first kappa shape index (κ1) is 9.19. The summed E-state index contributed by atoms with van der Waals surface area (Å²) in [5.74, 6) is -0.249. The Labute approximate surface area is 70.5 Å². The average molecular weight is 173 g/mol. The zero-order valence-electron chi connectivity index (χ0n) is 6.74. The highest BCUT2D eigenvalue weighted by Crippen LogP contribution is 2.14. The Morgan fingerprint density at radius 3 is 2.92 bits per heavy atom. The second-order valence-corrected chi connectivity index (χ2v) is 2.86. The Hall–Kier alpha value is -0.900. The van der Waals surface area contributed by atoms with E-state index in [1.54, 1.807) is 0 Å². The molecular weight excluding hydrogens is 161 g/mol. The first-order valence-electron chi connectivity index (χ1n) is 3.88. The molecule has 0 unspecified atom stereocenters. The van der Waals surface area contributed by atoms with Crippen molar-refractivity contribution in [2.75, 3.05) is 13.1 Å². The molecule has 1 fully saturated rings. The van der Waals surface area contributed by atoms with E-state index >= 15 is 0 Å². The lowest BCUT2D eigenvalue weighted by Gasteiger charge is -2.31. The summed E-state index contributed by atoms with van der Waals surface area (Å²) >= 11 is 0. The first-order valence-corrected chi connectivity index (χ1v) is 3.88. The molecular formula is C8H12FNO2. The van der Waals surface area contributed by atoms with Gasteiger partial charge in [-0.15, -0.1) is 0 Å². The molecule has 1 heterocycles. The molecule has 1 saturated heterocycles. The van der Waals surface area contributed by atoms with Crippen LogP contribution in [0, 0.1) is 0 Å². The number of nitrogens with zero attached hydrogens (tertiary/aromatic N) is 1. The Kier molecular flexibility index (Phi) is 2.81. The predicted octanol–water partition coefficient (Wildman–Crippen LogP) is 0.104. The number of piperidine rings is 1. The summed E-state index contributed by atoms with van der Waals surface area (Å²) in [6.45, 7) is 3.75. The zero-order valence-corrected chi connectivity index (χ0v) is 6.74. The number of aliphatic hydroxyl groups is 1. The van der Waals surface area contributed by atoms with Crippen LogP contribution in [-0.4, -0.2) is 41.3 Å². The Morgan fingerprint density at radius 1 is 1.75 bits per heavy atom. The molecule has 1 aliphatic rings. The van der Waals surface area contributed by atoms with Gasteiger partial charge in [-0.25, -0.2) is 4.39 Å². The second kappa shape index (κ2) is 3.67. The number of alkyl halides is 1. The van der Waals surface area contributed by atoms with Crippen molar-refractivity contribution in [1.29, 1.82) is 0 Å². The van der Waals surface area contributed by atoms with Crippen molar-refractivity contribution in [1.82, 2.24) is 4.90 Å². The van der Waals surface area contributed by atoms with E-state index in [0.29, 0.717) is 6.54 Å². The maximum atomic E-state index is 12.7. The van der Waals surface area contributed by atoms with Crippen LogP contribution in [0.1, 0.15) is 6.42 Å². The van der Waals surface area contributed by atoms with E-state index in [2.05, 4.69) is 6.58 Å². The third kappa shape index (κ3) is 1.82. The second-order valence-electron chi connectivity index (χ2n) is 2.86. The van der Waals surface area contributed by atoms with E-state index in [1.807, 2.05) is 0 Å². The highest BCUT2D eigenvalue weighted by atomic mass is 19.1. The van der Waals surface area contributed by atoms with Gasteiger partial charge in [-0.1, -0.05) is 6.58 Å². The molecule has 0 spiro atoms. The first-order chi connectivity index (χ1) is 5.65. The Bertz CT molecular complexity index is 195. The molecule has 1 aliphatic heterocycles. The summed E-state index contributed by atoms with van der Waals surface area (Å²) in [6.07, 6.45) is -0.854. The smallest absolute Gasteiger partial charge is 0.246 e. The van der Waals surface area contributed by atoms with E-state index in [1.165, 1.54) is 11.0 Å². The summed E-state index contributed by atoms with van der Waals surface area (Å²) in [5, 5.41) is 9.09. The fourth-order valence-electron chi connectivity index (χ4n) is 1.23. The van der Waals surface area contributed by atoms with Crippen LogP contribution >= 0.6 is 0 Å². The molecule has 0 aliphatic carbocycles. The molecule has 12 heavy (non-hydrogen) atoms. The number of carbonyl (C=O) groups is 1. The molecule has 0 aromatic rings. The van der Waals surface area contributed by atoms with Gasteiger partial charge in [0.15, 0.2) is 0 Å². The van der Waals surface area contributed by atoms with Crippen molar-refractivity contribution in [3.05, 3.63) is 12.7 Å². The zero-order chi connectivity index (χ0) is 9.14. The lowest BCUT2D eigenvalue weighted by Crippen LogP contribution is -2.47. The lowest BCUT2D eigenvalue weighted by atomic mass is 10.1. The molecule has 68 valence electrons. The van der Waals surface area contributed by atoms with Gasteiger partial charge in [0.1, 0.15) is 12.3 Å². The summed E-state index contributed by atoms with van der Waals surface area (Å²) in [6, 6.07) is 0. The molecule has 0 aromatic heterocycles.